The first-order chi connectivity index (χ1) is 15.6. The molecule has 0 radical (unpaired) electrons. The Morgan fingerprint density at radius 2 is 1.38 bits per heavy atom. The summed E-state index contributed by atoms with van der Waals surface area (Å²) in [4.78, 5) is 17.4. The summed E-state index contributed by atoms with van der Waals surface area (Å²) < 4.78 is 2.18. The van der Waals surface area contributed by atoms with Crippen molar-refractivity contribution in [3.8, 4) is 5.69 Å². The first-order valence-electron chi connectivity index (χ1n) is 10.8. The fourth-order valence-corrected chi connectivity index (χ4v) is 3.76. The molecule has 1 heterocycles. The van der Waals surface area contributed by atoms with Crippen LogP contribution in [0, 0.1) is 0 Å². The van der Waals surface area contributed by atoms with E-state index in [0.29, 0.717) is 25.0 Å². The van der Waals surface area contributed by atoms with E-state index in [1.54, 1.807) is 6.92 Å². The molecule has 4 nitrogen and oxygen atoms in total. The van der Waals surface area contributed by atoms with Crippen LogP contribution in [0.15, 0.2) is 103 Å². The second kappa shape index (κ2) is 9.92. The van der Waals surface area contributed by atoms with Gasteiger partial charge in [0.25, 0.3) is 0 Å². The number of carbonyl (C=O) groups is 1. The van der Waals surface area contributed by atoms with Crippen LogP contribution in [0.25, 0.3) is 5.69 Å². The molecule has 1 amide bonds. The normalized spacial score (nSPS) is 10.7. The van der Waals surface area contributed by atoms with E-state index in [9.17, 15) is 4.79 Å². The summed E-state index contributed by atoms with van der Waals surface area (Å²) in [6, 6.07) is 30.8. The quantitative estimate of drug-likeness (QED) is 0.395. The third-order valence-electron chi connectivity index (χ3n) is 5.36. The number of amides is 1. The zero-order valence-corrected chi connectivity index (χ0v) is 18.3. The fraction of sp³-hybridized carbons (Fsp3) is 0.143. The lowest BCUT2D eigenvalue weighted by molar-refractivity contribution is -0.117. The number of hydrogen-bond donors (Lipinski definition) is 1. The van der Waals surface area contributed by atoms with Gasteiger partial charge in [-0.3, -0.25) is 9.36 Å². The molecule has 0 unspecified atom stereocenters. The van der Waals surface area contributed by atoms with Crippen molar-refractivity contribution >= 4 is 5.91 Å². The average Bonchev–Trinajstić information content (AvgIpc) is 3.15. The standard InChI is InChI=1S/C28H27N3O/c1-21(2)28(32)29-20-26-25(18-22-12-6-3-7-13-22)30-27(19-23-14-8-4-9-15-23)31(26)24-16-10-5-11-17-24/h3-17H,1,18-20H2,2H3,(H,29,32). The smallest absolute Gasteiger partial charge is 0.246 e. The Balaban J connectivity index is 1.81. The summed E-state index contributed by atoms with van der Waals surface area (Å²) in [6.45, 7) is 5.86. The van der Waals surface area contributed by atoms with Crippen LogP contribution in [0.2, 0.25) is 0 Å². The Kier molecular flexibility index (Phi) is 6.61. The molecule has 0 fully saturated rings. The summed E-state index contributed by atoms with van der Waals surface area (Å²) >= 11 is 0. The molecule has 0 bridgehead atoms. The summed E-state index contributed by atoms with van der Waals surface area (Å²) in [5.74, 6) is 0.800. The highest BCUT2D eigenvalue weighted by Crippen LogP contribution is 2.23. The number of rotatable bonds is 8. The molecule has 0 spiro atoms. The molecule has 3 aromatic carbocycles. The molecular weight excluding hydrogens is 394 g/mol. The topological polar surface area (TPSA) is 46.9 Å². The van der Waals surface area contributed by atoms with Crippen molar-refractivity contribution in [2.24, 2.45) is 0 Å². The maximum atomic E-state index is 12.3. The number of benzene rings is 3. The molecule has 0 saturated heterocycles. The Morgan fingerprint density at radius 1 is 0.844 bits per heavy atom. The lowest BCUT2D eigenvalue weighted by Crippen LogP contribution is -2.25. The van der Waals surface area contributed by atoms with Crippen molar-refractivity contribution in [3.63, 3.8) is 0 Å². The second-order valence-electron chi connectivity index (χ2n) is 7.88. The number of carbonyl (C=O) groups excluding carboxylic acids is 1. The molecule has 0 aliphatic heterocycles. The van der Waals surface area contributed by atoms with Crippen molar-refractivity contribution in [1.29, 1.82) is 0 Å². The predicted octanol–water partition coefficient (Wildman–Crippen LogP) is 5.25. The van der Waals surface area contributed by atoms with Gasteiger partial charge in [-0.25, -0.2) is 4.98 Å². The maximum Gasteiger partial charge on any atom is 0.246 e. The van der Waals surface area contributed by atoms with Crippen LogP contribution >= 0.6 is 0 Å². The monoisotopic (exact) mass is 421 g/mol. The van der Waals surface area contributed by atoms with Gasteiger partial charge >= 0.3 is 0 Å². The molecule has 0 atom stereocenters. The van der Waals surface area contributed by atoms with Gasteiger partial charge in [-0.05, 0) is 30.2 Å². The number of para-hydroxylation sites is 1. The van der Waals surface area contributed by atoms with Crippen molar-refractivity contribution < 1.29 is 4.79 Å². The van der Waals surface area contributed by atoms with Crippen molar-refractivity contribution in [1.82, 2.24) is 14.9 Å². The molecule has 0 aliphatic carbocycles. The van der Waals surface area contributed by atoms with E-state index in [1.807, 2.05) is 54.6 Å². The van der Waals surface area contributed by atoms with Crippen LogP contribution in [-0.2, 0) is 24.2 Å². The number of nitrogens with one attached hydrogen (secondary N) is 1. The van der Waals surface area contributed by atoms with E-state index >= 15 is 0 Å². The lowest BCUT2D eigenvalue weighted by Gasteiger charge is -2.14. The van der Waals surface area contributed by atoms with Crippen LogP contribution in [0.4, 0.5) is 0 Å². The highest BCUT2D eigenvalue weighted by molar-refractivity contribution is 5.92. The van der Waals surface area contributed by atoms with Gasteiger partial charge in [0.15, 0.2) is 0 Å². The number of aromatic nitrogens is 2. The summed E-state index contributed by atoms with van der Waals surface area (Å²) in [6.07, 6.45) is 1.40. The second-order valence-corrected chi connectivity index (χ2v) is 7.88. The summed E-state index contributed by atoms with van der Waals surface area (Å²) in [5, 5.41) is 3.01. The first kappa shape index (κ1) is 21.3. The van der Waals surface area contributed by atoms with E-state index in [-0.39, 0.29) is 5.91 Å². The SMILES string of the molecule is C=C(C)C(=O)NCc1c(Cc2ccccc2)nc(Cc2ccccc2)n1-c1ccccc1. The molecule has 1 N–H and O–H groups in total. The molecule has 0 saturated carbocycles. The van der Waals surface area contributed by atoms with Crippen molar-refractivity contribution in [2.75, 3.05) is 0 Å². The van der Waals surface area contributed by atoms with Crippen LogP contribution in [0.1, 0.15) is 35.3 Å². The van der Waals surface area contributed by atoms with E-state index in [1.165, 1.54) is 11.1 Å². The summed E-state index contributed by atoms with van der Waals surface area (Å²) in [7, 11) is 0. The first-order valence-corrected chi connectivity index (χ1v) is 10.8. The minimum absolute atomic E-state index is 0.152. The third-order valence-corrected chi connectivity index (χ3v) is 5.36. The van der Waals surface area contributed by atoms with E-state index in [4.69, 9.17) is 4.98 Å². The molecule has 0 aliphatic rings. The zero-order valence-electron chi connectivity index (χ0n) is 18.3. The predicted molar refractivity (Wildman–Crippen MR) is 129 cm³/mol. The highest BCUT2D eigenvalue weighted by Gasteiger charge is 2.20. The Hall–Kier alpha value is -3.92. The molecule has 1 aromatic heterocycles. The third kappa shape index (κ3) is 5.03. The lowest BCUT2D eigenvalue weighted by atomic mass is 10.1. The van der Waals surface area contributed by atoms with Crippen LogP contribution in [0.5, 0.6) is 0 Å². The van der Waals surface area contributed by atoms with Crippen LogP contribution < -0.4 is 5.32 Å². The Bertz CT molecular complexity index is 1200. The van der Waals surface area contributed by atoms with Gasteiger partial charge in [0, 0.05) is 24.1 Å². The molecule has 4 rings (SSSR count). The summed E-state index contributed by atoms with van der Waals surface area (Å²) in [5.41, 5.74) is 5.85. The molecule has 32 heavy (non-hydrogen) atoms. The van der Waals surface area contributed by atoms with E-state index in [0.717, 1.165) is 22.9 Å². The largest absolute Gasteiger partial charge is 0.347 e. The number of hydrogen-bond acceptors (Lipinski definition) is 2. The molecular formula is C28H27N3O. The van der Waals surface area contributed by atoms with Gasteiger partial charge in [0.2, 0.25) is 5.91 Å². The van der Waals surface area contributed by atoms with Gasteiger partial charge in [0.1, 0.15) is 5.82 Å². The van der Waals surface area contributed by atoms with Crippen molar-refractivity contribution in [3.05, 3.63) is 131 Å². The van der Waals surface area contributed by atoms with E-state index < -0.39 is 0 Å². The minimum atomic E-state index is -0.152. The fourth-order valence-electron chi connectivity index (χ4n) is 3.76. The van der Waals surface area contributed by atoms with Gasteiger partial charge in [-0.2, -0.15) is 0 Å². The van der Waals surface area contributed by atoms with Gasteiger partial charge in [0.05, 0.1) is 17.9 Å². The zero-order chi connectivity index (χ0) is 22.3. The van der Waals surface area contributed by atoms with Crippen LogP contribution in [0.3, 0.4) is 0 Å². The minimum Gasteiger partial charge on any atom is -0.347 e. The molecule has 160 valence electrons. The van der Waals surface area contributed by atoms with Gasteiger partial charge < -0.3 is 5.32 Å². The Morgan fingerprint density at radius 3 is 1.94 bits per heavy atom. The van der Waals surface area contributed by atoms with Crippen LogP contribution in [-0.4, -0.2) is 15.5 Å². The van der Waals surface area contributed by atoms with Crippen molar-refractivity contribution in [2.45, 2.75) is 26.3 Å². The highest BCUT2D eigenvalue weighted by atomic mass is 16.1. The van der Waals surface area contributed by atoms with Gasteiger partial charge in [-0.15, -0.1) is 0 Å². The Labute approximate surface area is 189 Å². The average molecular weight is 422 g/mol. The number of imidazole rings is 1. The maximum absolute atomic E-state index is 12.3. The number of nitrogens with zero attached hydrogens (tertiary/aromatic N) is 2. The van der Waals surface area contributed by atoms with E-state index in [2.05, 4.69) is 52.9 Å². The van der Waals surface area contributed by atoms with Gasteiger partial charge in [-0.1, -0.05) is 85.4 Å². The molecule has 4 heteroatoms. The molecule has 4 aromatic rings.